The summed E-state index contributed by atoms with van der Waals surface area (Å²) in [6.45, 7) is 12.5. The molecule has 0 aromatic rings. The average molecular weight is 1040 g/mol. The highest BCUT2D eigenvalue weighted by atomic mass is 32.1. The zero-order chi connectivity index (χ0) is 52.7. The van der Waals surface area contributed by atoms with Gasteiger partial charge >= 0.3 is 23.9 Å². The van der Waals surface area contributed by atoms with Gasteiger partial charge in [-0.05, 0) is 31.1 Å². The van der Waals surface area contributed by atoms with Crippen LogP contribution in [0.15, 0.2) is 0 Å². The quantitative estimate of drug-likeness (QED) is 0.0272. The van der Waals surface area contributed by atoms with Crippen molar-refractivity contribution in [3.05, 3.63) is 0 Å². The maximum atomic E-state index is 14.1. The molecule has 2 rings (SSSR count). The lowest BCUT2D eigenvalue weighted by molar-refractivity contribution is -0.276. The molecule has 2 fully saturated rings. The fraction of sp³-hybridized carbons (Fsp3) is 0.918. The van der Waals surface area contributed by atoms with Crippen LogP contribution in [-0.2, 0) is 47.7 Å². The van der Waals surface area contributed by atoms with Crippen molar-refractivity contribution in [2.75, 3.05) is 6.61 Å². The summed E-state index contributed by atoms with van der Waals surface area (Å²) in [7, 11) is 0. The fourth-order valence-electron chi connectivity index (χ4n) is 10.9. The molecule has 1 aliphatic carbocycles. The molecule has 1 heterocycles. The molecule has 72 heavy (non-hydrogen) atoms. The topological polar surface area (TPSA) is 132 Å². The number of unbranched alkanes of at least 4 members (excludes halogenated alkanes) is 32. The van der Waals surface area contributed by atoms with Gasteiger partial charge < -0.3 is 23.7 Å². The van der Waals surface area contributed by atoms with Crippen LogP contribution in [0.5, 0.6) is 0 Å². The number of carbonyl (C=O) groups excluding carboxylic acids is 5. The SMILES string of the molecule is CCCCCCCCCCCC(=O)OC[C@H]1O[C@](S)(C2CC(=O)CC2(C)C)[C@H](OC(=O)CCCCCCCCCCC)[C@@H](OC(=O)CCCCCCCCCCC)[C@H]1OC(=O)CCCCCCCCCCC. The van der Waals surface area contributed by atoms with E-state index < -0.39 is 64.6 Å². The molecule has 6 atom stereocenters. The van der Waals surface area contributed by atoms with Crippen LogP contribution in [0, 0.1) is 11.3 Å². The molecule has 1 aliphatic heterocycles. The van der Waals surface area contributed by atoms with Gasteiger partial charge in [0.1, 0.15) is 18.5 Å². The molecule has 0 spiro atoms. The second-order valence-electron chi connectivity index (χ2n) is 22.7. The Morgan fingerprint density at radius 3 is 1.10 bits per heavy atom. The summed E-state index contributed by atoms with van der Waals surface area (Å²) in [4.78, 5) is 67.3. The van der Waals surface area contributed by atoms with Gasteiger partial charge in [-0.2, -0.15) is 0 Å². The number of esters is 4. The summed E-state index contributed by atoms with van der Waals surface area (Å²) in [5, 5.41) is 0. The highest BCUT2D eigenvalue weighted by Crippen LogP contribution is 2.54. The monoisotopic (exact) mass is 1030 g/mol. The average Bonchev–Trinajstić information content (AvgIpc) is 3.64. The Bertz CT molecular complexity index is 1440. The Labute approximate surface area is 446 Å². The van der Waals surface area contributed by atoms with Crippen molar-refractivity contribution >= 4 is 42.3 Å². The minimum atomic E-state index is -1.67. The summed E-state index contributed by atoms with van der Waals surface area (Å²) in [6, 6.07) is 0. The summed E-state index contributed by atoms with van der Waals surface area (Å²) in [5.41, 5.74) is -0.636. The first kappa shape index (κ1) is 66.0. The van der Waals surface area contributed by atoms with Gasteiger partial charge in [-0.15, -0.1) is 12.6 Å². The Morgan fingerprint density at radius 2 is 0.764 bits per heavy atom. The lowest BCUT2D eigenvalue weighted by atomic mass is 9.74. The lowest BCUT2D eigenvalue weighted by Crippen LogP contribution is -2.69. The Kier molecular flexibility index (Phi) is 37.6. The van der Waals surface area contributed by atoms with Gasteiger partial charge in [-0.1, -0.05) is 247 Å². The first-order chi connectivity index (χ1) is 34.8. The molecule has 0 aromatic carbocycles. The minimum absolute atomic E-state index is 0.0270. The van der Waals surface area contributed by atoms with Gasteiger partial charge in [0.05, 0.1) is 0 Å². The minimum Gasteiger partial charge on any atom is -0.463 e. The van der Waals surface area contributed by atoms with Crippen LogP contribution >= 0.6 is 12.6 Å². The molecule has 0 bridgehead atoms. The number of Topliss-reactive ketones (excluding diaryl/α,β-unsaturated/α-hetero) is 1. The number of hydrogen-bond acceptors (Lipinski definition) is 11. The van der Waals surface area contributed by atoms with E-state index in [1.165, 1.54) is 128 Å². The molecule has 1 saturated carbocycles. The van der Waals surface area contributed by atoms with Gasteiger partial charge in [-0.25, -0.2) is 0 Å². The van der Waals surface area contributed by atoms with Crippen LogP contribution in [0.1, 0.15) is 311 Å². The largest absolute Gasteiger partial charge is 0.463 e. The van der Waals surface area contributed by atoms with E-state index >= 15 is 0 Å². The van der Waals surface area contributed by atoms with E-state index in [-0.39, 0.29) is 50.9 Å². The third kappa shape index (κ3) is 28.7. The predicted molar refractivity (Wildman–Crippen MR) is 296 cm³/mol. The van der Waals surface area contributed by atoms with E-state index in [0.29, 0.717) is 25.7 Å². The lowest BCUT2D eigenvalue weighted by Gasteiger charge is -2.53. The fourth-order valence-corrected chi connectivity index (χ4v) is 11.7. The number of carbonyl (C=O) groups is 5. The van der Waals surface area contributed by atoms with Crippen LogP contribution in [0.3, 0.4) is 0 Å². The Hall–Kier alpha value is -2.14. The van der Waals surface area contributed by atoms with Crippen molar-refractivity contribution in [3.8, 4) is 0 Å². The predicted octanol–water partition coefficient (Wildman–Crippen LogP) is 17.0. The summed E-state index contributed by atoms with van der Waals surface area (Å²) < 4.78 is 32.2. The maximum Gasteiger partial charge on any atom is 0.306 e. The molecule has 0 amide bonds. The highest BCUT2D eigenvalue weighted by Gasteiger charge is 2.65. The van der Waals surface area contributed by atoms with E-state index in [2.05, 4.69) is 27.7 Å². The van der Waals surface area contributed by atoms with Gasteiger partial charge in [0, 0.05) is 44.4 Å². The zero-order valence-electron chi connectivity index (χ0n) is 47.3. The standard InChI is InChI=1S/C61H110O10S/c1-7-11-15-19-23-27-31-35-39-43-53(63)67-49-51-57(68-54(64)44-40-36-32-28-24-20-16-12-8-2)58(69-55(65)45-41-37-33-29-25-21-17-13-9-3)59(61(72,71-51)52-47-50(62)48-60(52,5)6)70-56(66)46-42-38-34-30-26-22-18-14-10-4/h51-52,57-59,72H,7-49H2,1-6H3/t51-,52?,57+,58+,59-,61+/m1/s1. The van der Waals surface area contributed by atoms with Crippen LogP contribution in [0.4, 0.5) is 0 Å². The number of hydrogen-bond donors (Lipinski definition) is 1. The van der Waals surface area contributed by atoms with Crippen LogP contribution in [0.2, 0.25) is 0 Å². The Balaban J connectivity index is 2.42. The number of ketones is 1. The summed E-state index contributed by atoms with van der Waals surface area (Å²) in [5.74, 6) is -2.42. The van der Waals surface area contributed by atoms with Crippen molar-refractivity contribution in [3.63, 3.8) is 0 Å². The normalized spacial score (nSPS) is 21.7. The van der Waals surface area contributed by atoms with E-state index in [4.69, 9.17) is 36.3 Å². The molecular weight excluding hydrogens is 925 g/mol. The second-order valence-corrected chi connectivity index (χ2v) is 23.4. The molecule has 0 radical (unpaired) electrons. The molecule has 11 heteroatoms. The zero-order valence-corrected chi connectivity index (χ0v) is 48.2. The third-order valence-corrected chi connectivity index (χ3v) is 16.1. The molecule has 1 unspecified atom stereocenters. The van der Waals surface area contributed by atoms with Crippen LogP contribution < -0.4 is 0 Å². The molecule has 1 saturated heterocycles. The van der Waals surface area contributed by atoms with E-state index in [1.54, 1.807) is 0 Å². The summed E-state index contributed by atoms with van der Waals surface area (Å²) >= 11 is 5.30. The molecule has 420 valence electrons. The number of ether oxygens (including phenoxy) is 5. The van der Waals surface area contributed by atoms with E-state index in [0.717, 1.165) is 77.0 Å². The van der Waals surface area contributed by atoms with Crippen molar-refractivity contribution in [2.45, 2.75) is 341 Å². The number of thiol groups is 1. The van der Waals surface area contributed by atoms with Gasteiger partial charge in [0.2, 0.25) is 0 Å². The Morgan fingerprint density at radius 1 is 0.458 bits per heavy atom. The molecule has 0 aromatic heterocycles. The first-order valence-corrected chi connectivity index (χ1v) is 30.9. The van der Waals surface area contributed by atoms with E-state index in [9.17, 15) is 24.0 Å². The van der Waals surface area contributed by atoms with Crippen molar-refractivity contribution in [1.82, 2.24) is 0 Å². The first-order valence-electron chi connectivity index (χ1n) is 30.5. The molecule has 10 nitrogen and oxygen atoms in total. The van der Waals surface area contributed by atoms with Gasteiger partial charge in [0.25, 0.3) is 0 Å². The van der Waals surface area contributed by atoms with E-state index in [1.807, 2.05) is 13.8 Å². The number of rotatable bonds is 46. The molecule has 0 N–H and O–H groups in total. The van der Waals surface area contributed by atoms with Gasteiger partial charge in [0.15, 0.2) is 23.2 Å². The molecule has 2 aliphatic rings. The second kappa shape index (κ2) is 41.1. The van der Waals surface area contributed by atoms with Crippen LogP contribution in [-0.4, -0.2) is 65.6 Å². The van der Waals surface area contributed by atoms with Crippen molar-refractivity contribution in [2.24, 2.45) is 11.3 Å². The summed E-state index contributed by atoms with van der Waals surface area (Å²) in [6.07, 6.45) is 35.4. The van der Waals surface area contributed by atoms with Gasteiger partial charge in [-0.3, -0.25) is 24.0 Å². The molecular formula is C61H110O10S. The van der Waals surface area contributed by atoms with Crippen LogP contribution in [0.25, 0.3) is 0 Å². The van der Waals surface area contributed by atoms with Crippen molar-refractivity contribution < 1.29 is 47.7 Å². The third-order valence-electron chi connectivity index (χ3n) is 15.4. The maximum absolute atomic E-state index is 14.1. The highest BCUT2D eigenvalue weighted by molar-refractivity contribution is 7.81. The van der Waals surface area contributed by atoms with Crippen molar-refractivity contribution in [1.29, 1.82) is 0 Å². The smallest absolute Gasteiger partial charge is 0.306 e.